The van der Waals surface area contributed by atoms with Gasteiger partial charge in [-0.25, -0.2) is 4.39 Å². The third-order valence-corrected chi connectivity index (χ3v) is 3.96. The number of aliphatic hydroxyl groups excluding tert-OH is 1. The molecule has 0 saturated carbocycles. The molecular formula is C16H14ClFO2. The molecule has 1 aliphatic rings. The van der Waals surface area contributed by atoms with E-state index in [4.69, 9.17) is 16.3 Å². The lowest BCUT2D eigenvalue weighted by Crippen LogP contribution is -2.03. The molecule has 0 bridgehead atoms. The number of fused-ring (bicyclic) bond motifs is 1. The Morgan fingerprint density at radius 1 is 1.20 bits per heavy atom. The predicted molar refractivity (Wildman–Crippen MR) is 75.1 cm³/mol. The molecule has 0 amide bonds. The van der Waals surface area contributed by atoms with Gasteiger partial charge in [-0.1, -0.05) is 29.8 Å². The van der Waals surface area contributed by atoms with E-state index >= 15 is 0 Å². The van der Waals surface area contributed by atoms with Crippen LogP contribution in [0.1, 0.15) is 33.9 Å². The Labute approximate surface area is 121 Å². The normalized spacial score (nSPS) is 15.2. The first-order valence-corrected chi connectivity index (χ1v) is 6.77. The van der Waals surface area contributed by atoms with Crippen molar-refractivity contribution >= 4 is 11.6 Å². The molecule has 1 heterocycles. The molecule has 0 aromatic heterocycles. The van der Waals surface area contributed by atoms with Gasteiger partial charge in [0.1, 0.15) is 11.9 Å². The molecule has 1 atom stereocenters. The fourth-order valence-electron chi connectivity index (χ4n) is 2.43. The standard InChI is InChI=1S/C16H14ClFO2/c1-9-4-13(14(17)6-15(9)18)16(19)10-2-3-11-7-20-8-12(11)5-10/h2-6,16,19H,7-8H2,1H3. The van der Waals surface area contributed by atoms with Crippen LogP contribution in [0.15, 0.2) is 30.3 Å². The van der Waals surface area contributed by atoms with Crippen LogP contribution in [0.2, 0.25) is 5.02 Å². The Morgan fingerprint density at radius 3 is 2.75 bits per heavy atom. The number of halogens is 2. The summed E-state index contributed by atoms with van der Waals surface area (Å²) in [7, 11) is 0. The van der Waals surface area contributed by atoms with Crippen molar-refractivity contribution in [1.29, 1.82) is 0 Å². The van der Waals surface area contributed by atoms with E-state index in [9.17, 15) is 9.50 Å². The number of hydrogen-bond donors (Lipinski definition) is 1. The van der Waals surface area contributed by atoms with Gasteiger partial charge in [-0.15, -0.1) is 0 Å². The van der Waals surface area contributed by atoms with Crippen molar-refractivity contribution in [2.45, 2.75) is 26.2 Å². The second kappa shape index (κ2) is 5.17. The fourth-order valence-corrected chi connectivity index (χ4v) is 2.68. The molecule has 1 aliphatic heterocycles. The summed E-state index contributed by atoms with van der Waals surface area (Å²) in [5.41, 5.74) is 3.94. The lowest BCUT2D eigenvalue weighted by molar-refractivity contribution is 0.134. The first-order chi connectivity index (χ1) is 9.56. The van der Waals surface area contributed by atoms with Gasteiger partial charge in [-0.05, 0) is 41.3 Å². The van der Waals surface area contributed by atoms with Gasteiger partial charge in [-0.3, -0.25) is 0 Å². The zero-order chi connectivity index (χ0) is 14.3. The van der Waals surface area contributed by atoms with Crippen molar-refractivity contribution in [3.8, 4) is 0 Å². The van der Waals surface area contributed by atoms with Crippen LogP contribution in [0.3, 0.4) is 0 Å². The Hall–Kier alpha value is -1.42. The summed E-state index contributed by atoms with van der Waals surface area (Å²) in [5.74, 6) is -0.367. The number of aliphatic hydroxyl groups is 1. The third kappa shape index (κ3) is 2.33. The van der Waals surface area contributed by atoms with Gasteiger partial charge >= 0.3 is 0 Å². The van der Waals surface area contributed by atoms with E-state index in [1.807, 2.05) is 18.2 Å². The van der Waals surface area contributed by atoms with Gasteiger partial charge in [0, 0.05) is 10.6 Å². The number of aryl methyl sites for hydroxylation is 1. The molecule has 0 radical (unpaired) electrons. The average Bonchev–Trinajstić information content (AvgIpc) is 2.89. The molecule has 2 aromatic carbocycles. The van der Waals surface area contributed by atoms with E-state index in [0.29, 0.717) is 24.3 Å². The molecule has 2 aromatic rings. The number of ether oxygens (including phenoxy) is 1. The molecule has 104 valence electrons. The van der Waals surface area contributed by atoms with Crippen LogP contribution in [0.4, 0.5) is 4.39 Å². The Morgan fingerprint density at radius 2 is 1.95 bits per heavy atom. The second-order valence-corrected chi connectivity index (χ2v) is 5.45. The zero-order valence-electron chi connectivity index (χ0n) is 11.0. The third-order valence-electron chi connectivity index (χ3n) is 3.63. The summed E-state index contributed by atoms with van der Waals surface area (Å²) >= 11 is 6.04. The van der Waals surface area contributed by atoms with Gasteiger partial charge < -0.3 is 9.84 Å². The van der Waals surface area contributed by atoms with E-state index in [1.165, 1.54) is 6.07 Å². The minimum atomic E-state index is -0.868. The maximum absolute atomic E-state index is 13.4. The van der Waals surface area contributed by atoms with Crippen molar-refractivity contribution in [3.05, 3.63) is 69.0 Å². The van der Waals surface area contributed by atoms with Gasteiger partial charge in [-0.2, -0.15) is 0 Å². The van der Waals surface area contributed by atoms with Crippen LogP contribution >= 0.6 is 11.6 Å². The molecule has 0 fully saturated rings. The highest BCUT2D eigenvalue weighted by Gasteiger charge is 2.19. The summed E-state index contributed by atoms with van der Waals surface area (Å²) in [6.45, 7) is 2.83. The minimum absolute atomic E-state index is 0.234. The minimum Gasteiger partial charge on any atom is -0.384 e. The van der Waals surface area contributed by atoms with Crippen molar-refractivity contribution in [2.24, 2.45) is 0 Å². The molecule has 20 heavy (non-hydrogen) atoms. The van der Waals surface area contributed by atoms with Crippen molar-refractivity contribution in [2.75, 3.05) is 0 Å². The first-order valence-electron chi connectivity index (χ1n) is 6.39. The van der Waals surface area contributed by atoms with Crippen molar-refractivity contribution in [1.82, 2.24) is 0 Å². The highest BCUT2D eigenvalue weighted by molar-refractivity contribution is 6.31. The highest BCUT2D eigenvalue weighted by Crippen LogP contribution is 2.32. The zero-order valence-corrected chi connectivity index (χ0v) is 11.7. The van der Waals surface area contributed by atoms with Crippen LogP contribution in [0.5, 0.6) is 0 Å². The summed E-state index contributed by atoms with van der Waals surface area (Å²) in [4.78, 5) is 0. The van der Waals surface area contributed by atoms with Crippen molar-refractivity contribution < 1.29 is 14.2 Å². The van der Waals surface area contributed by atoms with Crippen LogP contribution in [0, 0.1) is 12.7 Å². The van der Waals surface area contributed by atoms with Gasteiger partial charge in [0.25, 0.3) is 0 Å². The Kier molecular flexibility index (Phi) is 3.50. The summed E-state index contributed by atoms with van der Waals surface area (Å²) < 4.78 is 18.8. The first kappa shape index (κ1) is 13.6. The molecule has 1 N–H and O–H groups in total. The fraction of sp³-hybridized carbons (Fsp3) is 0.250. The average molecular weight is 293 g/mol. The Bertz CT molecular complexity index is 670. The SMILES string of the molecule is Cc1cc(C(O)c2ccc3c(c2)COC3)c(Cl)cc1F. The maximum Gasteiger partial charge on any atom is 0.127 e. The quantitative estimate of drug-likeness (QED) is 0.909. The van der Waals surface area contributed by atoms with Crippen molar-refractivity contribution in [3.63, 3.8) is 0 Å². The van der Waals surface area contributed by atoms with E-state index in [-0.39, 0.29) is 10.8 Å². The van der Waals surface area contributed by atoms with Crippen LogP contribution < -0.4 is 0 Å². The molecule has 3 rings (SSSR count). The summed E-state index contributed by atoms with van der Waals surface area (Å²) in [6, 6.07) is 8.55. The molecule has 0 aliphatic carbocycles. The number of rotatable bonds is 2. The second-order valence-electron chi connectivity index (χ2n) is 5.05. The lowest BCUT2D eigenvalue weighted by Gasteiger charge is -2.15. The lowest BCUT2D eigenvalue weighted by atomic mass is 9.97. The Balaban J connectivity index is 2.00. The van der Waals surface area contributed by atoms with Crippen LogP contribution in [0.25, 0.3) is 0 Å². The topological polar surface area (TPSA) is 29.5 Å². The van der Waals surface area contributed by atoms with Crippen LogP contribution in [-0.2, 0) is 18.0 Å². The smallest absolute Gasteiger partial charge is 0.127 e. The molecule has 0 spiro atoms. The number of benzene rings is 2. The monoisotopic (exact) mass is 292 g/mol. The van der Waals surface area contributed by atoms with E-state index in [1.54, 1.807) is 13.0 Å². The van der Waals surface area contributed by atoms with Gasteiger partial charge in [0.05, 0.1) is 13.2 Å². The van der Waals surface area contributed by atoms with E-state index in [2.05, 4.69) is 0 Å². The maximum atomic E-state index is 13.4. The molecular weight excluding hydrogens is 279 g/mol. The molecule has 1 unspecified atom stereocenters. The van der Waals surface area contributed by atoms with E-state index < -0.39 is 6.10 Å². The predicted octanol–water partition coefficient (Wildman–Crippen LogP) is 3.90. The summed E-state index contributed by atoms with van der Waals surface area (Å²) in [5, 5.41) is 10.7. The van der Waals surface area contributed by atoms with Gasteiger partial charge in [0.15, 0.2) is 0 Å². The summed E-state index contributed by atoms with van der Waals surface area (Å²) in [6.07, 6.45) is -0.868. The number of hydrogen-bond acceptors (Lipinski definition) is 2. The molecule has 2 nitrogen and oxygen atoms in total. The molecule has 0 saturated heterocycles. The van der Waals surface area contributed by atoms with E-state index in [0.717, 1.165) is 16.7 Å². The van der Waals surface area contributed by atoms with Crippen LogP contribution in [-0.4, -0.2) is 5.11 Å². The molecule has 4 heteroatoms. The largest absolute Gasteiger partial charge is 0.384 e. The highest BCUT2D eigenvalue weighted by atomic mass is 35.5. The van der Waals surface area contributed by atoms with Gasteiger partial charge in [0.2, 0.25) is 0 Å².